The highest BCUT2D eigenvalue weighted by molar-refractivity contribution is 8.77. The SMILES string of the molecule is CCNC(=O)C(CO)[C@H](Cc1ccc(Cl)cc1)NC(=O)[C@@H](NC(=O)[C@H](Cc1ccccc1)NC(=O)CCCCC1CCSS1)C(C)C. The maximum Gasteiger partial charge on any atom is 0.243 e. The van der Waals surface area contributed by atoms with Gasteiger partial charge in [0.1, 0.15) is 12.1 Å². The van der Waals surface area contributed by atoms with Crippen LogP contribution in [0.3, 0.4) is 0 Å². The number of carbonyl (C=O) groups excluding carboxylic acids is 4. The highest BCUT2D eigenvalue weighted by atomic mass is 35.5. The minimum Gasteiger partial charge on any atom is -0.395 e. The highest BCUT2D eigenvalue weighted by Crippen LogP contribution is 2.39. The number of unbranched alkanes of at least 4 members (excludes halogenated alkanes) is 1. The highest BCUT2D eigenvalue weighted by Gasteiger charge is 2.34. The number of aliphatic hydroxyl groups is 1. The Morgan fingerprint density at radius 3 is 2.21 bits per heavy atom. The van der Waals surface area contributed by atoms with E-state index in [1.165, 1.54) is 12.2 Å². The van der Waals surface area contributed by atoms with Gasteiger partial charge in [0.25, 0.3) is 0 Å². The van der Waals surface area contributed by atoms with Gasteiger partial charge in [0, 0.05) is 41.5 Å². The summed E-state index contributed by atoms with van der Waals surface area (Å²) in [6.45, 7) is 5.31. The summed E-state index contributed by atoms with van der Waals surface area (Å²) < 4.78 is 0. The Morgan fingerprint density at radius 1 is 0.894 bits per heavy atom. The number of aliphatic hydroxyl groups excluding tert-OH is 1. The fourth-order valence-corrected chi connectivity index (χ4v) is 8.63. The largest absolute Gasteiger partial charge is 0.395 e. The lowest BCUT2D eigenvalue weighted by atomic mass is 9.92. The molecule has 1 saturated heterocycles. The maximum absolute atomic E-state index is 13.8. The second-order valence-electron chi connectivity index (χ2n) is 12.2. The van der Waals surface area contributed by atoms with E-state index >= 15 is 0 Å². The lowest BCUT2D eigenvalue weighted by Crippen LogP contribution is -2.59. The molecule has 2 unspecified atom stereocenters. The zero-order valence-electron chi connectivity index (χ0n) is 27.5. The molecule has 0 saturated carbocycles. The van der Waals surface area contributed by atoms with E-state index in [0.717, 1.165) is 30.4 Å². The van der Waals surface area contributed by atoms with Gasteiger partial charge in [0.2, 0.25) is 23.6 Å². The normalized spacial score (nSPS) is 16.9. The fourth-order valence-electron chi connectivity index (χ4n) is 5.48. The number of halogens is 1. The molecule has 5 N–H and O–H groups in total. The molecule has 1 aliphatic rings. The van der Waals surface area contributed by atoms with Gasteiger partial charge in [0.15, 0.2) is 0 Å². The van der Waals surface area contributed by atoms with Crippen LogP contribution in [0, 0.1) is 11.8 Å². The van der Waals surface area contributed by atoms with E-state index in [1.807, 2.05) is 65.8 Å². The van der Waals surface area contributed by atoms with Gasteiger partial charge in [-0.2, -0.15) is 0 Å². The second kappa shape index (κ2) is 20.6. The standard InChI is InChI=1S/C35H49ClN4O5S2/c1-4-37-33(43)28(22-41)29(20-25-14-16-26(36)17-15-25)39-35(45)32(23(2)3)40-34(44)30(21-24-10-6-5-7-11-24)38-31(42)13-9-8-12-27-18-19-46-47-27/h5-7,10-11,14-17,23,27-30,32,41H,4,8-9,12-13,18-22H2,1-3H3,(H,37,43)(H,38,42)(H,39,45)(H,40,44)/t27?,28?,29-,30-,32-/m0/s1. The van der Waals surface area contributed by atoms with Gasteiger partial charge in [0.05, 0.1) is 12.5 Å². The summed E-state index contributed by atoms with van der Waals surface area (Å²) >= 11 is 6.06. The van der Waals surface area contributed by atoms with E-state index in [-0.39, 0.29) is 30.6 Å². The number of benzene rings is 2. The molecule has 0 aromatic heterocycles. The van der Waals surface area contributed by atoms with E-state index in [0.29, 0.717) is 23.2 Å². The Morgan fingerprint density at radius 2 is 1.60 bits per heavy atom. The molecular weight excluding hydrogens is 656 g/mol. The lowest BCUT2D eigenvalue weighted by Gasteiger charge is -2.30. The van der Waals surface area contributed by atoms with Crippen LogP contribution in [0.25, 0.3) is 0 Å². The predicted octanol–water partition coefficient (Wildman–Crippen LogP) is 4.69. The molecule has 1 aliphatic heterocycles. The van der Waals surface area contributed by atoms with Crippen molar-refractivity contribution in [1.29, 1.82) is 0 Å². The van der Waals surface area contributed by atoms with Gasteiger partial charge in [-0.1, -0.05) is 95.9 Å². The molecule has 9 nitrogen and oxygen atoms in total. The van der Waals surface area contributed by atoms with Crippen LogP contribution in [0.15, 0.2) is 54.6 Å². The summed E-state index contributed by atoms with van der Waals surface area (Å²) in [6, 6.07) is 13.9. The van der Waals surface area contributed by atoms with Crippen molar-refractivity contribution in [2.45, 2.75) is 89.1 Å². The number of nitrogens with one attached hydrogen (secondary N) is 4. The summed E-state index contributed by atoms with van der Waals surface area (Å²) in [5, 5.41) is 22.9. The molecule has 0 bridgehead atoms. The molecule has 2 aromatic rings. The third-order valence-electron chi connectivity index (χ3n) is 8.16. The smallest absolute Gasteiger partial charge is 0.243 e. The maximum atomic E-state index is 13.8. The molecule has 12 heteroatoms. The molecule has 1 heterocycles. The minimum atomic E-state index is -0.958. The van der Waals surface area contributed by atoms with Crippen LogP contribution in [0.5, 0.6) is 0 Å². The summed E-state index contributed by atoms with van der Waals surface area (Å²) in [6.07, 6.45) is 4.85. The zero-order chi connectivity index (χ0) is 34.2. The van der Waals surface area contributed by atoms with Crippen LogP contribution in [0.2, 0.25) is 5.02 Å². The number of hydrogen-bond donors (Lipinski definition) is 5. The van der Waals surface area contributed by atoms with E-state index in [2.05, 4.69) is 21.3 Å². The van der Waals surface area contributed by atoms with Crippen molar-refractivity contribution in [3.63, 3.8) is 0 Å². The first kappa shape index (κ1) is 38.7. The quantitative estimate of drug-likeness (QED) is 0.106. The zero-order valence-corrected chi connectivity index (χ0v) is 29.9. The van der Waals surface area contributed by atoms with Gasteiger partial charge >= 0.3 is 0 Å². The Bertz CT molecular complexity index is 1280. The molecule has 2 aromatic carbocycles. The number of hydrogen-bond acceptors (Lipinski definition) is 7. The average molecular weight is 705 g/mol. The number of amides is 4. The van der Waals surface area contributed by atoms with Crippen molar-refractivity contribution in [2.75, 3.05) is 18.9 Å². The summed E-state index contributed by atoms with van der Waals surface area (Å²) in [4.78, 5) is 53.5. The van der Waals surface area contributed by atoms with Crippen molar-refractivity contribution in [3.05, 3.63) is 70.7 Å². The lowest BCUT2D eigenvalue weighted by molar-refractivity contribution is -0.134. The molecule has 0 spiro atoms. The van der Waals surface area contributed by atoms with Crippen molar-refractivity contribution >= 4 is 56.8 Å². The van der Waals surface area contributed by atoms with Gasteiger partial charge in [-0.25, -0.2) is 0 Å². The van der Waals surface area contributed by atoms with Crippen LogP contribution in [-0.2, 0) is 32.0 Å². The Labute approximate surface area is 291 Å². The first-order valence-corrected chi connectivity index (χ1v) is 19.2. The molecule has 0 radical (unpaired) electrons. The van der Waals surface area contributed by atoms with Crippen molar-refractivity contribution in [2.24, 2.45) is 11.8 Å². The van der Waals surface area contributed by atoms with E-state index in [1.54, 1.807) is 31.2 Å². The molecule has 5 atom stereocenters. The van der Waals surface area contributed by atoms with E-state index < -0.39 is 42.5 Å². The molecule has 3 rings (SSSR count). The second-order valence-corrected chi connectivity index (χ2v) is 15.5. The van der Waals surface area contributed by atoms with Crippen molar-refractivity contribution in [1.82, 2.24) is 21.3 Å². The van der Waals surface area contributed by atoms with Crippen molar-refractivity contribution in [3.8, 4) is 0 Å². The summed E-state index contributed by atoms with van der Waals surface area (Å²) in [7, 11) is 3.84. The van der Waals surface area contributed by atoms with Crippen LogP contribution in [-0.4, -0.2) is 71.0 Å². The first-order valence-electron chi connectivity index (χ1n) is 16.5. The van der Waals surface area contributed by atoms with E-state index in [4.69, 9.17) is 11.6 Å². The minimum absolute atomic E-state index is 0.198. The molecule has 47 heavy (non-hydrogen) atoms. The monoisotopic (exact) mass is 704 g/mol. The molecule has 0 aliphatic carbocycles. The summed E-state index contributed by atoms with van der Waals surface area (Å²) in [5.74, 6) is -1.58. The summed E-state index contributed by atoms with van der Waals surface area (Å²) in [5.41, 5.74) is 1.70. The third kappa shape index (κ3) is 13.4. The molecule has 258 valence electrons. The van der Waals surface area contributed by atoms with Crippen LogP contribution in [0.1, 0.15) is 64.0 Å². The Balaban J connectivity index is 1.72. The molecule has 1 fully saturated rings. The van der Waals surface area contributed by atoms with Crippen molar-refractivity contribution < 1.29 is 24.3 Å². The number of carbonyl (C=O) groups is 4. The van der Waals surface area contributed by atoms with Gasteiger partial charge < -0.3 is 26.4 Å². The van der Waals surface area contributed by atoms with Crippen LogP contribution >= 0.6 is 33.2 Å². The molecule has 4 amide bonds. The Kier molecular flexibility index (Phi) is 17.0. The van der Waals surface area contributed by atoms with Gasteiger partial charge in [-0.05, 0) is 61.8 Å². The van der Waals surface area contributed by atoms with E-state index in [9.17, 15) is 24.3 Å². The van der Waals surface area contributed by atoms with Gasteiger partial charge in [-0.15, -0.1) is 0 Å². The predicted molar refractivity (Wildman–Crippen MR) is 192 cm³/mol. The van der Waals surface area contributed by atoms with Crippen LogP contribution in [0.4, 0.5) is 0 Å². The topological polar surface area (TPSA) is 137 Å². The number of rotatable bonds is 19. The Hall–Kier alpha value is -2.73. The van der Waals surface area contributed by atoms with Gasteiger partial charge in [-0.3, -0.25) is 19.2 Å². The fraction of sp³-hybridized carbons (Fsp3) is 0.543. The van der Waals surface area contributed by atoms with Crippen LogP contribution < -0.4 is 21.3 Å². The third-order valence-corrected chi connectivity index (χ3v) is 11.4. The molecular formula is C35H49ClN4O5S2. The first-order chi connectivity index (χ1) is 22.6. The average Bonchev–Trinajstić information content (AvgIpc) is 3.57.